The minimum atomic E-state index is 0.0264. The summed E-state index contributed by atoms with van der Waals surface area (Å²) in [5, 5.41) is 1.00. The van der Waals surface area contributed by atoms with Gasteiger partial charge in [-0.3, -0.25) is 4.79 Å². The van der Waals surface area contributed by atoms with Gasteiger partial charge in [-0.05, 0) is 43.2 Å². The topological polar surface area (TPSA) is 62.6 Å². The number of H-pyrrole nitrogens is 1. The highest BCUT2D eigenvalue weighted by molar-refractivity contribution is 5.98. The third-order valence-corrected chi connectivity index (χ3v) is 5.13. The van der Waals surface area contributed by atoms with Crippen molar-refractivity contribution in [3.63, 3.8) is 0 Å². The molecule has 1 aromatic carbocycles. The minimum absolute atomic E-state index is 0.0264. The summed E-state index contributed by atoms with van der Waals surface area (Å²) >= 11 is 0. The largest absolute Gasteiger partial charge is 0.497 e. The number of imidazole rings is 1. The second-order valence-electron chi connectivity index (χ2n) is 6.98. The first kappa shape index (κ1) is 15.9. The summed E-state index contributed by atoms with van der Waals surface area (Å²) in [6.07, 6.45) is 5.95. The molecule has 3 heterocycles. The third kappa shape index (κ3) is 2.83. The number of aromatic amines is 1. The van der Waals surface area contributed by atoms with Crippen molar-refractivity contribution in [2.24, 2.45) is 0 Å². The molecule has 0 unspecified atom stereocenters. The third-order valence-electron chi connectivity index (χ3n) is 5.13. The number of aromatic nitrogens is 3. The van der Waals surface area contributed by atoms with Crippen molar-refractivity contribution in [3.05, 3.63) is 66.2 Å². The zero-order chi connectivity index (χ0) is 18.4. The van der Waals surface area contributed by atoms with Gasteiger partial charge in [0.05, 0.1) is 25.5 Å². The molecule has 27 heavy (non-hydrogen) atoms. The molecule has 4 aromatic rings. The van der Waals surface area contributed by atoms with E-state index in [0.717, 1.165) is 40.8 Å². The lowest BCUT2D eigenvalue weighted by Crippen LogP contribution is -2.33. The SMILES string of the molecule is COc1ccc2cc(C(=O)N(Cc3cnc4ccccn34)C3CC3)[nH]c2c1. The summed E-state index contributed by atoms with van der Waals surface area (Å²) in [5.74, 6) is 0.798. The number of carbonyl (C=O) groups excluding carboxylic acids is 1. The summed E-state index contributed by atoms with van der Waals surface area (Å²) < 4.78 is 7.31. The molecule has 1 saturated carbocycles. The lowest BCUT2D eigenvalue weighted by Gasteiger charge is -2.21. The van der Waals surface area contributed by atoms with Gasteiger partial charge in [0.25, 0.3) is 5.91 Å². The molecule has 1 fully saturated rings. The number of nitrogens with one attached hydrogen (secondary N) is 1. The van der Waals surface area contributed by atoms with E-state index in [1.54, 1.807) is 7.11 Å². The fraction of sp³-hybridized carbons (Fsp3) is 0.238. The minimum Gasteiger partial charge on any atom is -0.497 e. The maximum atomic E-state index is 13.2. The summed E-state index contributed by atoms with van der Waals surface area (Å²) in [7, 11) is 1.64. The van der Waals surface area contributed by atoms with Crippen LogP contribution in [-0.4, -0.2) is 38.3 Å². The molecule has 1 amide bonds. The quantitative estimate of drug-likeness (QED) is 0.591. The number of nitrogens with zero attached hydrogens (tertiary/aromatic N) is 3. The first-order chi connectivity index (χ1) is 13.2. The van der Waals surface area contributed by atoms with Crippen molar-refractivity contribution in [2.45, 2.75) is 25.4 Å². The molecule has 0 atom stereocenters. The second-order valence-corrected chi connectivity index (χ2v) is 6.98. The number of benzene rings is 1. The average Bonchev–Trinajstić information content (AvgIpc) is 3.32. The van der Waals surface area contributed by atoms with Crippen LogP contribution in [0.15, 0.2) is 54.9 Å². The van der Waals surface area contributed by atoms with Crippen LogP contribution in [0.3, 0.4) is 0 Å². The van der Waals surface area contributed by atoms with Crippen LogP contribution < -0.4 is 4.74 Å². The maximum Gasteiger partial charge on any atom is 0.270 e. The number of rotatable bonds is 5. The number of carbonyl (C=O) groups is 1. The van der Waals surface area contributed by atoms with Crippen molar-refractivity contribution in [1.29, 1.82) is 0 Å². The predicted octanol–water partition coefficient (Wildman–Crippen LogP) is 3.63. The Morgan fingerprint density at radius 3 is 3.00 bits per heavy atom. The van der Waals surface area contributed by atoms with Gasteiger partial charge in [-0.2, -0.15) is 0 Å². The molecule has 0 spiro atoms. The highest BCUT2D eigenvalue weighted by Gasteiger charge is 2.34. The zero-order valence-electron chi connectivity index (χ0n) is 15.1. The van der Waals surface area contributed by atoms with Crippen LogP contribution in [-0.2, 0) is 6.54 Å². The number of ether oxygens (including phenoxy) is 1. The molecule has 1 aliphatic rings. The Morgan fingerprint density at radius 2 is 2.19 bits per heavy atom. The van der Waals surface area contributed by atoms with E-state index < -0.39 is 0 Å². The molecule has 0 aliphatic heterocycles. The van der Waals surface area contributed by atoms with Crippen molar-refractivity contribution in [2.75, 3.05) is 7.11 Å². The van der Waals surface area contributed by atoms with Crippen molar-refractivity contribution < 1.29 is 9.53 Å². The summed E-state index contributed by atoms with van der Waals surface area (Å²) in [5.41, 5.74) is 3.43. The Labute approximate surface area is 156 Å². The van der Waals surface area contributed by atoms with Crippen LogP contribution in [0.5, 0.6) is 5.75 Å². The number of fused-ring (bicyclic) bond motifs is 2. The zero-order valence-corrected chi connectivity index (χ0v) is 15.1. The predicted molar refractivity (Wildman–Crippen MR) is 103 cm³/mol. The number of amides is 1. The van der Waals surface area contributed by atoms with Gasteiger partial charge in [-0.1, -0.05) is 6.07 Å². The van der Waals surface area contributed by atoms with Crippen LogP contribution in [0.1, 0.15) is 29.0 Å². The van der Waals surface area contributed by atoms with E-state index in [9.17, 15) is 4.79 Å². The standard InChI is InChI=1S/C21H20N4O2/c1-27-17-8-5-14-10-19(23-18(14)11-17)21(26)25(15-6-7-15)13-16-12-22-20-4-2-3-9-24(16)20/h2-5,8-12,15,23H,6-7,13H2,1H3. The fourth-order valence-corrected chi connectivity index (χ4v) is 3.53. The summed E-state index contributed by atoms with van der Waals surface area (Å²) in [6, 6.07) is 13.9. The smallest absolute Gasteiger partial charge is 0.270 e. The molecule has 0 saturated heterocycles. The molecule has 6 heteroatoms. The summed E-state index contributed by atoms with van der Waals surface area (Å²) in [6.45, 7) is 0.549. The fourth-order valence-electron chi connectivity index (χ4n) is 3.53. The molecular weight excluding hydrogens is 340 g/mol. The van der Waals surface area contributed by atoms with Crippen molar-refractivity contribution in [1.82, 2.24) is 19.3 Å². The van der Waals surface area contributed by atoms with Gasteiger partial charge >= 0.3 is 0 Å². The molecule has 136 valence electrons. The average molecular weight is 360 g/mol. The molecule has 5 rings (SSSR count). The van der Waals surface area contributed by atoms with Gasteiger partial charge in [0.15, 0.2) is 0 Å². The number of methoxy groups -OCH3 is 1. The molecular formula is C21H20N4O2. The van der Waals surface area contributed by atoms with Crippen LogP contribution >= 0.6 is 0 Å². The molecule has 6 nitrogen and oxygen atoms in total. The number of pyridine rings is 1. The van der Waals surface area contributed by atoms with Gasteiger partial charge in [-0.15, -0.1) is 0 Å². The van der Waals surface area contributed by atoms with Crippen LogP contribution in [0.4, 0.5) is 0 Å². The van der Waals surface area contributed by atoms with E-state index in [2.05, 4.69) is 9.97 Å². The number of hydrogen-bond donors (Lipinski definition) is 1. The molecule has 1 aliphatic carbocycles. The van der Waals surface area contributed by atoms with Gasteiger partial charge in [0.1, 0.15) is 17.1 Å². The molecule has 1 N–H and O–H groups in total. The molecule has 0 radical (unpaired) electrons. The van der Waals surface area contributed by atoms with Crippen molar-refractivity contribution in [3.8, 4) is 5.75 Å². The van der Waals surface area contributed by atoms with Gasteiger partial charge in [0.2, 0.25) is 0 Å². The lowest BCUT2D eigenvalue weighted by atomic mass is 10.2. The maximum absolute atomic E-state index is 13.2. The summed E-state index contributed by atoms with van der Waals surface area (Å²) in [4.78, 5) is 22.9. The first-order valence-corrected chi connectivity index (χ1v) is 9.11. The Kier molecular flexibility index (Phi) is 3.63. The van der Waals surface area contributed by atoms with E-state index in [0.29, 0.717) is 18.3 Å². The molecule has 3 aromatic heterocycles. The highest BCUT2D eigenvalue weighted by atomic mass is 16.5. The van der Waals surface area contributed by atoms with Gasteiger partial charge < -0.3 is 19.0 Å². The Balaban J connectivity index is 1.47. The van der Waals surface area contributed by atoms with Gasteiger partial charge in [-0.25, -0.2) is 4.98 Å². The highest BCUT2D eigenvalue weighted by Crippen LogP contribution is 2.31. The Morgan fingerprint density at radius 1 is 1.30 bits per heavy atom. The van der Waals surface area contributed by atoms with Crippen molar-refractivity contribution >= 4 is 22.5 Å². The van der Waals surface area contributed by atoms with Crippen LogP contribution in [0.2, 0.25) is 0 Å². The second kappa shape index (κ2) is 6.16. The Bertz CT molecular complexity index is 1140. The monoisotopic (exact) mass is 360 g/mol. The van der Waals surface area contributed by atoms with E-state index in [1.165, 1.54) is 0 Å². The van der Waals surface area contributed by atoms with Crippen LogP contribution in [0.25, 0.3) is 16.6 Å². The van der Waals surface area contributed by atoms with E-state index in [1.807, 2.05) is 64.2 Å². The lowest BCUT2D eigenvalue weighted by molar-refractivity contribution is 0.0722. The van der Waals surface area contributed by atoms with Gasteiger partial charge in [0, 0.05) is 29.2 Å². The van der Waals surface area contributed by atoms with E-state index in [4.69, 9.17) is 4.74 Å². The van der Waals surface area contributed by atoms with E-state index >= 15 is 0 Å². The van der Waals surface area contributed by atoms with Crippen LogP contribution in [0, 0.1) is 0 Å². The van der Waals surface area contributed by atoms with E-state index in [-0.39, 0.29) is 5.91 Å². The number of hydrogen-bond acceptors (Lipinski definition) is 3. The normalized spacial score (nSPS) is 14.0. The first-order valence-electron chi connectivity index (χ1n) is 9.11. The Hall–Kier alpha value is -3.28. The molecule has 0 bridgehead atoms.